The molecule has 1 amide bonds. The summed E-state index contributed by atoms with van der Waals surface area (Å²) < 4.78 is 5.95. The molecule has 0 bridgehead atoms. The van der Waals surface area contributed by atoms with Gasteiger partial charge < -0.3 is 20.7 Å². The van der Waals surface area contributed by atoms with Gasteiger partial charge >= 0.3 is 0 Å². The molecule has 118 valence electrons. The first-order valence-corrected chi connectivity index (χ1v) is 6.79. The van der Waals surface area contributed by atoms with Crippen LogP contribution in [0.2, 0.25) is 0 Å². The van der Waals surface area contributed by atoms with Gasteiger partial charge in [0.25, 0.3) is 0 Å². The second-order valence-corrected chi connectivity index (χ2v) is 6.22. The normalized spacial score (nSPS) is 19.2. The van der Waals surface area contributed by atoms with Crippen LogP contribution >= 0.6 is 12.4 Å². The summed E-state index contributed by atoms with van der Waals surface area (Å²) in [6.07, 6.45) is 0.725. The van der Waals surface area contributed by atoms with E-state index in [2.05, 4.69) is 5.32 Å². The number of benzene rings is 1. The zero-order valence-corrected chi connectivity index (χ0v) is 13.8. The third-order valence-electron chi connectivity index (χ3n) is 3.29. The quantitative estimate of drug-likeness (QED) is 0.837. The van der Waals surface area contributed by atoms with Crippen molar-refractivity contribution in [2.24, 2.45) is 0 Å². The maximum atomic E-state index is 12.0. The fraction of sp³-hybridized carbons (Fsp3) is 0.533. The summed E-state index contributed by atoms with van der Waals surface area (Å²) in [6, 6.07) is 5.51. The van der Waals surface area contributed by atoms with E-state index in [1.165, 1.54) is 0 Å². The molecular weight excluding hydrogens is 290 g/mol. The number of fused-ring (bicyclic) bond motifs is 1. The van der Waals surface area contributed by atoms with Gasteiger partial charge in [-0.1, -0.05) is 0 Å². The van der Waals surface area contributed by atoms with Crippen molar-refractivity contribution in [3.05, 3.63) is 23.8 Å². The lowest BCUT2D eigenvalue weighted by Gasteiger charge is -2.38. The Balaban J connectivity index is 0.00000220. The lowest BCUT2D eigenvalue weighted by atomic mass is 9.89. The number of hydrogen-bond acceptors (Lipinski definition) is 4. The van der Waals surface area contributed by atoms with E-state index in [0.717, 1.165) is 17.7 Å². The Morgan fingerprint density at radius 3 is 2.76 bits per heavy atom. The molecule has 1 aliphatic heterocycles. The first kappa shape index (κ1) is 17.6. The minimum atomic E-state index is -0.306. The van der Waals surface area contributed by atoms with Crippen molar-refractivity contribution in [2.45, 2.75) is 31.9 Å². The molecule has 1 aliphatic rings. The van der Waals surface area contributed by atoms with E-state index in [0.29, 0.717) is 12.2 Å². The number of ether oxygens (including phenoxy) is 1. The van der Waals surface area contributed by atoms with Crippen LogP contribution in [-0.4, -0.2) is 37.0 Å². The molecule has 0 saturated heterocycles. The number of nitrogens with one attached hydrogen (secondary N) is 1. The number of carbonyl (C=O) groups is 1. The Morgan fingerprint density at radius 1 is 1.48 bits per heavy atom. The molecule has 2 rings (SSSR count). The highest BCUT2D eigenvalue weighted by Crippen LogP contribution is 2.40. The van der Waals surface area contributed by atoms with Gasteiger partial charge in [-0.25, -0.2) is 0 Å². The third-order valence-corrected chi connectivity index (χ3v) is 3.29. The molecule has 1 heterocycles. The van der Waals surface area contributed by atoms with Crippen molar-refractivity contribution in [1.82, 2.24) is 10.2 Å². The van der Waals surface area contributed by atoms with Gasteiger partial charge in [-0.05, 0) is 46.1 Å². The maximum Gasteiger partial charge on any atom is 0.234 e. The number of hydrogen-bond donors (Lipinski definition) is 2. The first-order chi connectivity index (χ1) is 9.27. The van der Waals surface area contributed by atoms with Gasteiger partial charge in [0.1, 0.15) is 11.4 Å². The zero-order valence-electron chi connectivity index (χ0n) is 13.0. The van der Waals surface area contributed by atoms with Crippen molar-refractivity contribution in [1.29, 1.82) is 0 Å². The van der Waals surface area contributed by atoms with E-state index in [4.69, 9.17) is 10.5 Å². The summed E-state index contributed by atoms with van der Waals surface area (Å²) in [5.74, 6) is 0.802. The average molecular weight is 314 g/mol. The summed E-state index contributed by atoms with van der Waals surface area (Å²) in [5.41, 5.74) is 7.17. The predicted octanol–water partition coefficient (Wildman–Crippen LogP) is 1.97. The van der Waals surface area contributed by atoms with Gasteiger partial charge in [-0.15, -0.1) is 12.4 Å². The highest BCUT2D eigenvalue weighted by atomic mass is 35.5. The molecule has 1 aromatic rings. The number of carbonyl (C=O) groups excluding carboxylic acids is 1. The smallest absolute Gasteiger partial charge is 0.234 e. The highest BCUT2D eigenvalue weighted by molar-refractivity contribution is 5.85. The highest BCUT2D eigenvalue weighted by Gasteiger charge is 2.34. The molecule has 1 atom stereocenters. The third kappa shape index (κ3) is 4.51. The fourth-order valence-corrected chi connectivity index (χ4v) is 2.53. The number of rotatable bonds is 3. The molecule has 0 aromatic heterocycles. The Kier molecular flexibility index (Phi) is 5.48. The Bertz CT molecular complexity index is 518. The van der Waals surface area contributed by atoms with E-state index in [-0.39, 0.29) is 30.0 Å². The minimum absolute atomic E-state index is 0. The van der Waals surface area contributed by atoms with Crippen LogP contribution < -0.4 is 15.8 Å². The molecule has 0 aliphatic carbocycles. The average Bonchev–Trinajstić information content (AvgIpc) is 2.28. The molecule has 3 N–H and O–H groups in total. The summed E-state index contributed by atoms with van der Waals surface area (Å²) in [6.45, 7) is 4.42. The molecule has 1 unspecified atom stereocenters. The van der Waals surface area contributed by atoms with E-state index in [1.54, 1.807) is 0 Å². The number of nitrogens with zero attached hydrogens (tertiary/aromatic N) is 1. The lowest BCUT2D eigenvalue weighted by Crippen LogP contribution is -2.43. The molecule has 0 radical (unpaired) electrons. The number of amides is 1. The number of anilines is 1. The second-order valence-electron chi connectivity index (χ2n) is 6.22. The Morgan fingerprint density at radius 2 is 2.14 bits per heavy atom. The Labute approximate surface area is 132 Å². The number of nitrogens with two attached hydrogens (primary N) is 1. The van der Waals surface area contributed by atoms with Crippen LogP contribution in [0, 0.1) is 0 Å². The van der Waals surface area contributed by atoms with Crippen LogP contribution in [0.3, 0.4) is 0 Å². The van der Waals surface area contributed by atoms with Gasteiger partial charge in [0.2, 0.25) is 5.91 Å². The summed E-state index contributed by atoms with van der Waals surface area (Å²) in [5, 5.41) is 3.07. The van der Waals surface area contributed by atoms with Crippen LogP contribution in [0.25, 0.3) is 0 Å². The van der Waals surface area contributed by atoms with Crippen LogP contribution in [0.15, 0.2) is 18.2 Å². The van der Waals surface area contributed by atoms with Crippen LogP contribution in [-0.2, 0) is 4.79 Å². The van der Waals surface area contributed by atoms with Gasteiger partial charge in [-0.3, -0.25) is 4.79 Å². The fourth-order valence-electron chi connectivity index (χ4n) is 2.53. The van der Waals surface area contributed by atoms with Crippen molar-refractivity contribution >= 4 is 24.0 Å². The number of nitrogen functional groups attached to an aromatic ring is 1. The zero-order chi connectivity index (χ0) is 14.9. The van der Waals surface area contributed by atoms with Crippen LogP contribution in [0.1, 0.15) is 31.9 Å². The maximum absolute atomic E-state index is 12.0. The molecular formula is C15H24ClN3O2. The lowest BCUT2D eigenvalue weighted by molar-refractivity contribution is -0.122. The second kappa shape index (κ2) is 6.54. The molecule has 0 saturated carbocycles. The van der Waals surface area contributed by atoms with Gasteiger partial charge in [0.15, 0.2) is 0 Å². The number of halogens is 1. The van der Waals surface area contributed by atoms with Crippen LogP contribution in [0.4, 0.5) is 5.69 Å². The first-order valence-electron chi connectivity index (χ1n) is 6.79. The molecule has 21 heavy (non-hydrogen) atoms. The van der Waals surface area contributed by atoms with Gasteiger partial charge in [0.05, 0.1) is 12.6 Å². The Hall–Kier alpha value is -1.46. The van der Waals surface area contributed by atoms with Gasteiger partial charge in [0, 0.05) is 17.7 Å². The molecule has 0 fully saturated rings. The molecule has 1 aromatic carbocycles. The summed E-state index contributed by atoms with van der Waals surface area (Å²) in [4.78, 5) is 13.8. The van der Waals surface area contributed by atoms with Crippen molar-refractivity contribution in [3.8, 4) is 5.75 Å². The molecule has 0 spiro atoms. The predicted molar refractivity (Wildman–Crippen MR) is 86.9 cm³/mol. The minimum Gasteiger partial charge on any atom is -0.487 e. The van der Waals surface area contributed by atoms with Crippen molar-refractivity contribution < 1.29 is 9.53 Å². The molecule has 5 nitrogen and oxygen atoms in total. The van der Waals surface area contributed by atoms with Crippen molar-refractivity contribution in [2.75, 3.05) is 26.4 Å². The van der Waals surface area contributed by atoms with E-state index >= 15 is 0 Å². The standard InChI is InChI=1S/C15H23N3O2.ClH/c1-15(2)8-12(17-14(19)9-18(3)4)11-7-10(16)5-6-13(11)20-15;/h5-7,12H,8-9,16H2,1-4H3,(H,17,19);1H. The van der Waals surface area contributed by atoms with E-state index < -0.39 is 0 Å². The summed E-state index contributed by atoms with van der Waals surface area (Å²) in [7, 11) is 3.75. The largest absolute Gasteiger partial charge is 0.487 e. The topological polar surface area (TPSA) is 67.6 Å². The monoisotopic (exact) mass is 313 g/mol. The SMILES string of the molecule is CN(C)CC(=O)NC1CC(C)(C)Oc2ccc(N)cc21.Cl. The van der Waals surface area contributed by atoms with Crippen LogP contribution in [0.5, 0.6) is 5.75 Å². The van der Waals surface area contributed by atoms with E-state index in [1.807, 2.05) is 51.0 Å². The van der Waals surface area contributed by atoms with Gasteiger partial charge in [-0.2, -0.15) is 0 Å². The number of likely N-dealkylation sites (N-methyl/N-ethyl adjacent to an activating group) is 1. The summed E-state index contributed by atoms with van der Waals surface area (Å²) >= 11 is 0. The molecule has 6 heteroatoms. The van der Waals surface area contributed by atoms with Crippen molar-refractivity contribution in [3.63, 3.8) is 0 Å². The van der Waals surface area contributed by atoms with E-state index in [9.17, 15) is 4.79 Å².